The Kier molecular flexibility index (Phi) is 11.4. The Hall–Kier alpha value is -0.0700. The zero-order valence-corrected chi connectivity index (χ0v) is 16.3. The Morgan fingerprint density at radius 2 is 1.87 bits per heavy atom. The summed E-state index contributed by atoms with van der Waals surface area (Å²) in [5.41, 5.74) is 0. The van der Waals surface area contributed by atoms with E-state index in [1.54, 1.807) is 0 Å². The van der Waals surface area contributed by atoms with E-state index in [4.69, 9.17) is 4.74 Å². The lowest BCUT2D eigenvalue weighted by Gasteiger charge is -2.40. The van der Waals surface area contributed by atoms with Gasteiger partial charge in [-0.2, -0.15) is 0 Å². The minimum absolute atomic E-state index is 0. The molecule has 1 amide bonds. The predicted octanol–water partition coefficient (Wildman–Crippen LogP) is 1.79. The average molecular weight is 370 g/mol. The predicted molar refractivity (Wildman–Crippen MR) is 98.8 cm³/mol. The molecule has 2 aliphatic rings. The Balaban J connectivity index is 0.00000242. The summed E-state index contributed by atoms with van der Waals surface area (Å²) in [5, 5.41) is 3.36. The number of nitrogens with one attached hydrogen (secondary N) is 1. The van der Waals surface area contributed by atoms with E-state index in [0.717, 1.165) is 58.7 Å². The average Bonchev–Trinajstić information content (AvgIpc) is 3.06. The van der Waals surface area contributed by atoms with Crippen molar-refractivity contribution in [3.8, 4) is 0 Å². The van der Waals surface area contributed by atoms with Crippen molar-refractivity contribution in [2.45, 2.75) is 45.2 Å². The summed E-state index contributed by atoms with van der Waals surface area (Å²) in [4.78, 5) is 17.5. The number of carbonyl (C=O) groups excluding carboxylic acids is 1. The van der Waals surface area contributed by atoms with Gasteiger partial charge >= 0.3 is 0 Å². The van der Waals surface area contributed by atoms with Crippen molar-refractivity contribution in [1.82, 2.24) is 15.1 Å². The van der Waals surface area contributed by atoms with Crippen LogP contribution in [0, 0.1) is 5.92 Å². The summed E-state index contributed by atoms with van der Waals surface area (Å²) in [6.07, 6.45) is 3.18. The second-order valence-corrected chi connectivity index (χ2v) is 6.27. The Bertz CT molecular complexity index is 331. The molecule has 0 aromatic heterocycles. The van der Waals surface area contributed by atoms with Gasteiger partial charge in [0.25, 0.3) is 0 Å². The molecular weight excluding hydrogens is 337 g/mol. The maximum atomic E-state index is 13.1. The molecule has 0 aromatic carbocycles. The van der Waals surface area contributed by atoms with Gasteiger partial charge in [-0.1, -0.05) is 26.7 Å². The van der Waals surface area contributed by atoms with Crippen LogP contribution in [0.25, 0.3) is 0 Å². The molecule has 1 N–H and O–H groups in total. The molecule has 0 aromatic rings. The molecular formula is C16H33Cl2N3O2. The molecule has 0 saturated carbocycles. The van der Waals surface area contributed by atoms with Crippen LogP contribution >= 0.6 is 24.8 Å². The van der Waals surface area contributed by atoms with Crippen LogP contribution in [-0.4, -0.2) is 74.2 Å². The van der Waals surface area contributed by atoms with Crippen LogP contribution in [0.2, 0.25) is 0 Å². The number of morpholine rings is 1. The highest BCUT2D eigenvalue weighted by atomic mass is 35.5. The summed E-state index contributed by atoms with van der Waals surface area (Å²) in [6.45, 7) is 9.61. The molecule has 0 radical (unpaired) electrons. The summed E-state index contributed by atoms with van der Waals surface area (Å²) in [6, 6.07) is 0.380. The van der Waals surface area contributed by atoms with Crippen LogP contribution in [0.1, 0.15) is 33.1 Å². The van der Waals surface area contributed by atoms with Crippen molar-refractivity contribution in [1.29, 1.82) is 0 Å². The van der Waals surface area contributed by atoms with Crippen molar-refractivity contribution >= 4 is 30.7 Å². The van der Waals surface area contributed by atoms with E-state index in [1.807, 2.05) is 11.9 Å². The molecule has 5 nitrogen and oxygen atoms in total. The highest BCUT2D eigenvalue weighted by molar-refractivity contribution is 5.85. The molecule has 2 saturated heterocycles. The molecule has 2 atom stereocenters. The van der Waals surface area contributed by atoms with Gasteiger partial charge in [-0.25, -0.2) is 0 Å². The highest BCUT2D eigenvalue weighted by Gasteiger charge is 2.36. The molecule has 138 valence electrons. The SMILES string of the molecule is CCC(CC)C(C(=O)N(C)C1CCNC1)N1CCOCC1.Cl.Cl. The number of hydrogen-bond donors (Lipinski definition) is 1. The first kappa shape index (κ1) is 22.9. The topological polar surface area (TPSA) is 44.8 Å². The van der Waals surface area contributed by atoms with E-state index >= 15 is 0 Å². The number of carbonyl (C=O) groups is 1. The third-order valence-electron chi connectivity index (χ3n) is 5.12. The maximum Gasteiger partial charge on any atom is 0.240 e. The first-order valence-electron chi connectivity index (χ1n) is 8.48. The Labute approximate surface area is 153 Å². The molecule has 2 aliphatic heterocycles. The van der Waals surface area contributed by atoms with E-state index in [2.05, 4.69) is 24.1 Å². The highest BCUT2D eigenvalue weighted by Crippen LogP contribution is 2.23. The maximum absolute atomic E-state index is 13.1. The van der Waals surface area contributed by atoms with Crippen molar-refractivity contribution in [2.24, 2.45) is 5.92 Å². The molecule has 2 heterocycles. The quantitative estimate of drug-likeness (QED) is 0.774. The lowest BCUT2D eigenvalue weighted by molar-refractivity contribution is -0.142. The number of hydrogen-bond acceptors (Lipinski definition) is 4. The van der Waals surface area contributed by atoms with Crippen LogP contribution in [-0.2, 0) is 9.53 Å². The summed E-state index contributed by atoms with van der Waals surface area (Å²) >= 11 is 0. The van der Waals surface area contributed by atoms with E-state index in [-0.39, 0.29) is 30.9 Å². The zero-order valence-electron chi connectivity index (χ0n) is 14.6. The van der Waals surface area contributed by atoms with Gasteiger partial charge < -0.3 is 15.0 Å². The van der Waals surface area contributed by atoms with Gasteiger partial charge in [0.2, 0.25) is 5.91 Å². The third-order valence-corrected chi connectivity index (χ3v) is 5.12. The first-order chi connectivity index (χ1) is 10.2. The molecule has 7 heteroatoms. The molecule has 0 aliphatic carbocycles. The Morgan fingerprint density at radius 1 is 1.26 bits per heavy atom. The van der Waals surface area contributed by atoms with Crippen molar-refractivity contribution < 1.29 is 9.53 Å². The van der Waals surface area contributed by atoms with Gasteiger partial charge in [-0.15, -0.1) is 24.8 Å². The van der Waals surface area contributed by atoms with Gasteiger partial charge in [-0.3, -0.25) is 9.69 Å². The van der Waals surface area contributed by atoms with Crippen molar-refractivity contribution in [3.05, 3.63) is 0 Å². The van der Waals surface area contributed by atoms with Crippen LogP contribution in [0.15, 0.2) is 0 Å². The summed E-state index contributed by atoms with van der Waals surface area (Å²) < 4.78 is 5.46. The molecule has 2 rings (SSSR count). The molecule has 2 fully saturated rings. The number of halogens is 2. The fraction of sp³-hybridized carbons (Fsp3) is 0.938. The fourth-order valence-electron chi connectivity index (χ4n) is 3.61. The lowest BCUT2D eigenvalue weighted by Crippen LogP contribution is -2.56. The number of amides is 1. The van der Waals surface area contributed by atoms with Crippen molar-refractivity contribution in [2.75, 3.05) is 46.4 Å². The van der Waals surface area contributed by atoms with Crippen molar-refractivity contribution in [3.63, 3.8) is 0 Å². The minimum Gasteiger partial charge on any atom is -0.379 e. The van der Waals surface area contributed by atoms with Crippen LogP contribution in [0.5, 0.6) is 0 Å². The van der Waals surface area contributed by atoms with Crippen LogP contribution in [0.4, 0.5) is 0 Å². The molecule has 0 spiro atoms. The Morgan fingerprint density at radius 3 is 2.35 bits per heavy atom. The van der Waals surface area contributed by atoms with Gasteiger partial charge in [0.1, 0.15) is 0 Å². The normalized spacial score (nSPS) is 23.0. The van der Waals surface area contributed by atoms with E-state index in [9.17, 15) is 4.79 Å². The lowest BCUT2D eigenvalue weighted by atomic mass is 9.91. The molecule has 0 bridgehead atoms. The summed E-state index contributed by atoms with van der Waals surface area (Å²) in [5.74, 6) is 0.742. The van der Waals surface area contributed by atoms with Gasteiger partial charge in [0, 0.05) is 32.7 Å². The summed E-state index contributed by atoms with van der Waals surface area (Å²) in [7, 11) is 1.98. The zero-order chi connectivity index (χ0) is 15.2. The molecule has 23 heavy (non-hydrogen) atoms. The van der Waals surface area contributed by atoms with Gasteiger partial charge in [-0.05, 0) is 18.9 Å². The number of nitrogens with zero attached hydrogens (tertiary/aromatic N) is 2. The fourth-order valence-corrected chi connectivity index (χ4v) is 3.61. The third kappa shape index (κ3) is 5.75. The standard InChI is InChI=1S/C16H31N3O2.2ClH/c1-4-13(5-2)15(19-8-10-21-11-9-19)16(20)18(3)14-6-7-17-12-14;;/h13-15,17H,4-12H2,1-3H3;2*1H. The largest absolute Gasteiger partial charge is 0.379 e. The smallest absolute Gasteiger partial charge is 0.240 e. The number of ether oxygens (including phenoxy) is 1. The van der Waals surface area contributed by atoms with Crippen LogP contribution < -0.4 is 5.32 Å². The van der Waals surface area contributed by atoms with Crippen LogP contribution in [0.3, 0.4) is 0 Å². The monoisotopic (exact) mass is 369 g/mol. The second-order valence-electron chi connectivity index (χ2n) is 6.27. The number of likely N-dealkylation sites (N-methyl/N-ethyl adjacent to an activating group) is 1. The second kappa shape index (κ2) is 11.5. The first-order valence-corrected chi connectivity index (χ1v) is 8.48. The van der Waals surface area contributed by atoms with E-state index < -0.39 is 0 Å². The van der Waals surface area contributed by atoms with E-state index in [0.29, 0.717) is 17.9 Å². The van der Waals surface area contributed by atoms with Gasteiger partial charge in [0.05, 0.1) is 19.3 Å². The van der Waals surface area contributed by atoms with E-state index in [1.165, 1.54) is 0 Å². The number of rotatable bonds is 6. The van der Waals surface area contributed by atoms with Gasteiger partial charge in [0.15, 0.2) is 0 Å². The minimum atomic E-state index is 0. The molecule has 2 unspecified atom stereocenters.